The van der Waals surface area contributed by atoms with Crippen molar-refractivity contribution in [1.29, 1.82) is 5.26 Å². The first-order valence-electron chi connectivity index (χ1n) is 5.60. The van der Waals surface area contributed by atoms with Crippen molar-refractivity contribution in [2.24, 2.45) is 5.41 Å². The fourth-order valence-electron chi connectivity index (χ4n) is 2.52. The van der Waals surface area contributed by atoms with E-state index in [0.717, 1.165) is 30.1 Å². The van der Waals surface area contributed by atoms with Crippen LogP contribution in [0.15, 0.2) is 18.2 Å². The third kappa shape index (κ3) is 1.26. The fourth-order valence-corrected chi connectivity index (χ4v) is 2.52. The van der Waals surface area contributed by atoms with Gasteiger partial charge >= 0.3 is 0 Å². The molecule has 1 spiro atoms. The Kier molecular flexibility index (Phi) is 1.88. The molecule has 0 bridgehead atoms. The van der Waals surface area contributed by atoms with E-state index < -0.39 is 0 Å². The number of nitriles is 1. The predicted octanol–water partition coefficient (Wildman–Crippen LogP) is 2.17. The third-order valence-corrected chi connectivity index (χ3v) is 3.67. The van der Waals surface area contributed by atoms with Gasteiger partial charge in [-0.3, -0.25) is 0 Å². The van der Waals surface area contributed by atoms with Gasteiger partial charge < -0.3 is 9.64 Å². The minimum Gasteiger partial charge on any atom is -0.495 e. The summed E-state index contributed by atoms with van der Waals surface area (Å²) in [6.45, 7) is 2.17. The highest BCUT2D eigenvalue weighted by molar-refractivity contribution is 5.69. The van der Waals surface area contributed by atoms with Gasteiger partial charge in [0.25, 0.3) is 0 Å². The molecule has 16 heavy (non-hydrogen) atoms. The number of hydrogen-bond acceptors (Lipinski definition) is 3. The quantitative estimate of drug-likeness (QED) is 0.757. The van der Waals surface area contributed by atoms with Crippen LogP contribution in [0.2, 0.25) is 0 Å². The first-order valence-corrected chi connectivity index (χ1v) is 5.60. The minimum absolute atomic E-state index is 0.591. The molecule has 1 aliphatic carbocycles. The van der Waals surface area contributed by atoms with Crippen LogP contribution in [-0.4, -0.2) is 20.2 Å². The van der Waals surface area contributed by atoms with E-state index in [0.29, 0.717) is 5.41 Å². The average molecular weight is 214 g/mol. The van der Waals surface area contributed by atoms with Crippen LogP contribution in [0.1, 0.15) is 18.4 Å². The average Bonchev–Trinajstić information content (AvgIpc) is 3.06. The van der Waals surface area contributed by atoms with E-state index in [4.69, 9.17) is 10.00 Å². The number of benzene rings is 1. The van der Waals surface area contributed by atoms with Crippen molar-refractivity contribution in [3.05, 3.63) is 23.8 Å². The van der Waals surface area contributed by atoms with Crippen LogP contribution in [0.5, 0.6) is 5.75 Å². The molecule has 1 saturated heterocycles. The van der Waals surface area contributed by atoms with Gasteiger partial charge in [-0.2, -0.15) is 5.26 Å². The summed E-state index contributed by atoms with van der Waals surface area (Å²) in [5.41, 5.74) is 2.29. The summed E-state index contributed by atoms with van der Waals surface area (Å²) in [6.07, 6.45) is 2.70. The lowest BCUT2D eigenvalue weighted by molar-refractivity contribution is 0.371. The molecule has 1 aromatic rings. The highest BCUT2D eigenvalue weighted by Crippen LogP contribution is 2.55. The van der Waals surface area contributed by atoms with Gasteiger partial charge in [0.1, 0.15) is 11.8 Å². The lowest BCUT2D eigenvalue weighted by Gasteiger charge is -2.42. The molecule has 3 heteroatoms. The normalized spacial score (nSPS) is 20.1. The second-order valence-corrected chi connectivity index (χ2v) is 4.82. The molecule has 3 nitrogen and oxygen atoms in total. The van der Waals surface area contributed by atoms with E-state index in [9.17, 15) is 0 Å². The Bertz CT molecular complexity index is 463. The Morgan fingerprint density at radius 2 is 2.12 bits per heavy atom. The molecule has 0 amide bonds. The molecule has 2 fully saturated rings. The summed E-state index contributed by atoms with van der Waals surface area (Å²) >= 11 is 0. The van der Waals surface area contributed by atoms with Gasteiger partial charge in [-0.1, -0.05) is 6.07 Å². The number of anilines is 1. The number of para-hydroxylation sites is 1. The van der Waals surface area contributed by atoms with Crippen molar-refractivity contribution < 1.29 is 4.74 Å². The van der Waals surface area contributed by atoms with E-state index in [1.165, 1.54) is 12.8 Å². The molecule has 0 radical (unpaired) electrons. The molecule has 0 N–H and O–H groups in total. The molecule has 1 aromatic carbocycles. The number of rotatable bonds is 2. The zero-order valence-corrected chi connectivity index (χ0v) is 9.36. The molecule has 82 valence electrons. The second-order valence-electron chi connectivity index (χ2n) is 4.82. The highest BCUT2D eigenvalue weighted by atomic mass is 16.5. The van der Waals surface area contributed by atoms with E-state index in [1.54, 1.807) is 7.11 Å². The Morgan fingerprint density at radius 1 is 1.38 bits per heavy atom. The largest absolute Gasteiger partial charge is 0.495 e. The predicted molar refractivity (Wildman–Crippen MR) is 61.6 cm³/mol. The van der Waals surface area contributed by atoms with Crippen LogP contribution in [0.25, 0.3) is 0 Å². The summed E-state index contributed by atoms with van der Waals surface area (Å²) < 4.78 is 5.34. The minimum atomic E-state index is 0.591. The number of nitrogens with zero attached hydrogens (tertiary/aromatic N) is 2. The Balaban J connectivity index is 1.95. The Hall–Kier alpha value is -1.69. The molecule has 1 saturated carbocycles. The molecule has 2 aliphatic rings. The van der Waals surface area contributed by atoms with E-state index in [-0.39, 0.29) is 0 Å². The summed E-state index contributed by atoms with van der Waals surface area (Å²) in [6, 6.07) is 7.90. The van der Waals surface area contributed by atoms with Gasteiger partial charge in [-0.15, -0.1) is 0 Å². The topological polar surface area (TPSA) is 36.3 Å². The van der Waals surface area contributed by atoms with Crippen molar-refractivity contribution in [1.82, 2.24) is 0 Å². The van der Waals surface area contributed by atoms with Gasteiger partial charge in [0.05, 0.1) is 18.4 Å². The van der Waals surface area contributed by atoms with Crippen LogP contribution in [0, 0.1) is 16.7 Å². The van der Waals surface area contributed by atoms with Crippen LogP contribution >= 0.6 is 0 Å². The van der Waals surface area contributed by atoms with Gasteiger partial charge in [0, 0.05) is 18.5 Å². The van der Waals surface area contributed by atoms with Gasteiger partial charge in [-0.05, 0) is 25.0 Å². The summed E-state index contributed by atoms with van der Waals surface area (Å²) in [5.74, 6) is 0.814. The van der Waals surface area contributed by atoms with Crippen molar-refractivity contribution in [2.75, 3.05) is 25.1 Å². The molecule has 3 rings (SSSR count). The molecule has 0 unspecified atom stereocenters. The summed E-state index contributed by atoms with van der Waals surface area (Å²) in [5, 5.41) is 9.12. The van der Waals surface area contributed by atoms with Gasteiger partial charge in [0.15, 0.2) is 0 Å². The first kappa shape index (κ1) is 9.53. The zero-order chi connectivity index (χ0) is 11.2. The van der Waals surface area contributed by atoms with Crippen LogP contribution in [0.4, 0.5) is 5.69 Å². The van der Waals surface area contributed by atoms with E-state index in [2.05, 4.69) is 11.0 Å². The molecular formula is C13H14N2O. The maximum Gasteiger partial charge on any atom is 0.143 e. The van der Waals surface area contributed by atoms with E-state index in [1.807, 2.05) is 18.2 Å². The number of methoxy groups -OCH3 is 1. The smallest absolute Gasteiger partial charge is 0.143 e. The van der Waals surface area contributed by atoms with Crippen molar-refractivity contribution in [2.45, 2.75) is 12.8 Å². The summed E-state index contributed by atoms with van der Waals surface area (Å²) in [4.78, 5) is 2.27. The lowest BCUT2D eigenvalue weighted by Crippen LogP contribution is -2.48. The van der Waals surface area contributed by atoms with Crippen molar-refractivity contribution in [3.8, 4) is 11.8 Å². The number of hydrogen-bond donors (Lipinski definition) is 0. The zero-order valence-electron chi connectivity index (χ0n) is 9.36. The standard InChI is InChI=1S/C13H14N2O/c1-16-11-4-2-3-10(7-14)12(11)15-8-13(9-15)5-6-13/h2-4H,5-6,8-9H2,1H3. The van der Waals surface area contributed by atoms with Gasteiger partial charge in [0.2, 0.25) is 0 Å². The molecule has 1 aliphatic heterocycles. The first-order chi connectivity index (χ1) is 7.78. The fraction of sp³-hybridized carbons (Fsp3) is 0.462. The highest BCUT2D eigenvalue weighted by Gasteiger charge is 2.53. The Morgan fingerprint density at radius 3 is 2.69 bits per heavy atom. The Labute approximate surface area is 95.2 Å². The van der Waals surface area contributed by atoms with Crippen LogP contribution in [-0.2, 0) is 0 Å². The van der Waals surface area contributed by atoms with E-state index >= 15 is 0 Å². The SMILES string of the molecule is COc1cccc(C#N)c1N1CC2(CC2)C1. The second kappa shape index (κ2) is 3.15. The van der Waals surface area contributed by atoms with Gasteiger partial charge in [-0.25, -0.2) is 0 Å². The summed E-state index contributed by atoms with van der Waals surface area (Å²) in [7, 11) is 1.66. The maximum atomic E-state index is 9.12. The monoisotopic (exact) mass is 214 g/mol. The molecule has 1 heterocycles. The molecule has 0 aromatic heterocycles. The van der Waals surface area contributed by atoms with Crippen molar-refractivity contribution >= 4 is 5.69 Å². The third-order valence-electron chi connectivity index (χ3n) is 3.67. The van der Waals surface area contributed by atoms with Crippen LogP contribution in [0.3, 0.4) is 0 Å². The molecular weight excluding hydrogens is 200 g/mol. The van der Waals surface area contributed by atoms with Crippen molar-refractivity contribution in [3.63, 3.8) is 0 Å². The van der Waals surface area contributed by atoms with Crippen LogP contribution < -0.4 is 9.64 Å². The number of ether oxygens (including phenoxy) is 1. The lowest BCUT2D eigenvalue weighted by atomic mass is 9.94. The molecule has 0 atom stereocenters. The maximum absolute atomic E-state index is 9.12.